The van der Waals surface area contributed by atoms with Crippen molar-refractivity contribution >= 4 is 22.9 Å². The molecule has 0 amide bonds. The van der Waals surface area contributed by atoms with E-state index in [1.54, 1.807) is 16.0 Å². The maximum atomic E-state index is 13.0. The molecule has 3 aromatic heterocycles. The number of imidazole rings is 2. The number of nitrogens with zero attached hydrogens (tertiary/aromatic N) is 5. The zero-order valence-corrected chi connectivity index (χ0v) is 16.7. The lowest BCUT2D eigenvalue weighted by Crippen LogP contribution is -2.37. The third kappa shape index (κ3) is 2.61. The average molecular weight is 395 g/mol. The Kier molecular flexibility index (Phi) is 4.37. The second-order valence-corrected chi connectivity index (χ2v) is 6.80. The molecule has 0 radical (unpaired) electrons. The van der Waals surface area contributed by atoms with Crippen LogP contribution in [0.25, 0.3) is 28.2 Å². The van der Waals surface area contributed by atoms with E-state index in [1.807, 2.05) is 37.3 Å². The summed E-state index contributed by atoms with van der Waals surface area (Å²) in [5.41, 5.74) is 2.22. The molecular formula is C20H21N5O4. The van der Waals surface area contributed by atoms with Crippen molar-refractivity contribution in [2.45, 2.75) is 19.9 Å². The number of aryl methyl sites for hydroxylation is 2. The van der Waals surface area contributed by atoms with Crippen LogP contribution in [0.3, 0.4) is 0 Å². The molecule has 0 aliphatic rings. The van der Waals surface area contributed by atoms with Gasteiger partial charge in [0.05, 0.1) is 18.5 Å². The molecule has 0 fully saturated rings. The van der Waals surface area contributed by atoms with Crippen molar-refractivity contribution in [1.82, 2.24) is 23.1 Å². The van der Waals surface area contributed by atoms with E-state index in [1.165, 1.54) is 18.7 Å². The summed E-state index contributed by atoms with van der Waals surface area (Å²) in [5, 5.41) is 0. The smallest absolute Gasteiger partial charge is 0.332 e. The normalized spacial score (nSPS) is 11.4. The second kappa shape index (κ2) is 6.77. The lowest BCUT2D eigenvalue weighted by molar-refractivity contribution is -0.141. The Hall–Kier alpha value is -3.62. The molecule has 4 rings (SSSR count). The minimum atomic E-state index is -0.455. The summed E-state index contributed by atoms with van der Waals surface area (Å²) in [6, 6.07) is 9.62. The number of carbonyl (C=O) groups excluding carboxylic acids is 1. The molecule has 150 valence electrons. The first kappa shape index (κ1) is 18.7. The van der Waals surface area contributed by atoms with Crippen LogP contribution in [0.5, 0.6) is 0 Å². The molecule has 4 aromatic rings. The molecule has 9 heteroatoms. The van der Waals surface area contributed by atoms with Gasteiger partial charge in [0, 0.05) is 19.7 Å². The molecule has 9 nitrogen and oxygen atoms in total. The molecular weight excluding hydrogens is 374 g/mol. The minimum Gasteiger partial charge on any atom is -0.468 e. The maximum absolute atomic E-state index is 13.0. The Morgan fingerprint density at radius 1 is 1.10 bits per heavy atom. The lowest BCUT2D eigenvalue weighted by Gasteiger charge is -2.10. The van der Waals surface area contributed by atoms with Crippen LogP contribution in [-0.4, -0.2) is 36.2 Å². The topological polar surface area (TPSA) is 92.5 Å². The standard InChI is InChI=1S/C20H21N5O4/c1-5-13-15(12-9-7-6-8-10-12)24(11-14(26)29-4)19-21-17-16(25(13)19)18(27)23(3)20(28)22(17)2/h6-10H,5,11H2,1-4H3. The first-order chi connectivity index (χ1) is 13.9. The van der Waals surface area contributed by atoms with E-state index in [9.17, 15) is 14.4 Å². The van der Waals surface area contributed by atoms with Gasteiger partial charge in [-0.1, -0.05) is 37.3 Å². The van der Waals surface area contributed by atoms with Gasteiger partial charge in [-0.15, -0.1) is 0 Å². The summed E-state index contributed by atoms with van der Waals surface area (Å²) in [5.74, 6) is -0.0180. The molecule has 0 atom stereocenters. The van der Waals surface area contributed by atoms with E-state index in [0.717, 1.165) is 21.5 Å². The fraction of sp³-hybridized carbons (Fsp3) is 0.300. The van der Waals surface area contributed by atoms with Crippen LogP contribution in [0, 0.1) is 0 Å². The molecule has 0 saturated carbocycles. The summed E-state index contributed by atoms with van der Waals surface area (Å²) in [6.07, 6.45) is 0.590. The summed E-state index contributed by atoms with van der Waals surface area (Å²) >= 11 is 0. The molecule has 1 aromatic carbocycles. The molecule has 0 unspecified atom stereocenters. The third-order valence-corrected chi connectivity index (χ3v) is 5.19. The fourth-order valence-corrected chi connectivity index (χ4v) is 3.77. The predicted octanol–water partition coefficient (Wildman–Crippen LogP) is 1.09. The van der Waals surface area contributed by atoms with E-state index >= 15 is 0 Å². The number of carbonyl (C=O) groups is 1. The van der Waals surface area contributed by atoms with Crippen LogP contribution in [0.4, 0.5) is 0 Å². The third-order valence-electron chi connectivity index (χ3n) is 5.19. The zero-order chi connectivity index (χ0) is 20.9. The van der Waals surface area contributed by atoms with Crippen LogP contribution in [-0.2, 0) is 36.6 Å². The summed E-state index contributed by atoms with van der Waals surface area (Å²) in [6.45, 7) is 1.91. The van der Waals surface area contributed by atoms with Crippen LogP contribution < -0.4 is 11.2 Å². The van der Waals surface area contributed by atoms with Gasteiger partial charge in [-0.2, -0.15) is 4.98 Å². The van der Waals surface area contributed by atoms with E-state index in [4.69, 9.17) is 4.74 Å². The van der Waals surface area contributed by atoms with E-state index in [2.05, 4.69) is 4.98 Å². The molecule has 3 heterocycles. The average Bonchev–Trinajstić information content (AvgIpc) is 3.26. The predicted molar refractivity (Wildman–Crippen MR) is 108 cm³/mol. The highest BCUT2D eigenvalue weighted by molar-refractivity contribution is 5.81. The molecule has 0 aliphatic heterocycles. The molecule has 0 aliphatic carbocycles. The van der Waals surface area contributed by atoms with Crippen molar-refractivity contribution in [2.24, 2.45) is 14.1 Å². The van der Waals surface area contributed by atoms with Crippen LogP contribution in [0.1, 0.15) is 12.6 Å². The Labute approximate surface area is 165 Å². The Bertz CT molecular complexity index is 1370. The number of benzene rings is 1. The van der Waals surface area contributed by atoms with E-state index in [0.29, 0.717) is 17.7 Å². The van der Waals surface area contributed by atoms with Crippen LogP contribution in [0.15, 0.2) is 39.9 Å². The molecule has 0 saturated heterocycles. The maximum Gasteiger partial charge on any atom is 0.332 e. The number of esters is 1. The van der Waals surface area contributed by atoms with Crippen molar-refractivity contribution in [2.75, 3.05) is 7.11 Å². The molecule has 0 spiro atoms. The number of ether oxygens (including phenoxy) is 1. The summed E-state index contributed by atoms with van der Waals surface area (Å²) in [7, 11) is 4.34. The van der Waals surface area contributed by atoms with E-state index in [-0.39, 0.29) is 12.2 Å². The van der Waals surface area contributed by atoms with Crippen LogP contribution in [0.2, 0.25) is 0 Å². The zero-order valence-electron chi connectivity index (χ0n) is 16.7. The van der Waals surface area contributed by atoms with Gasteiger partial charge in [0.15, 0.2) is 11.2 Å². The number of aromatic nitrogens is 5. The molecule has 0 bridgehead atoms. The van der Waals surface area contributed by atoms with Crippen molar-refractivity contribution in [3.8, 4) is 11.3 Å². The van der Waals surface area contributed by atoms with Crippen molar-refractivity contribution in [3.05, 3.63) is 56.9 Å². The first-order valence-electron chi connectivity index (χ1n) is 9.22. The Balaban J connectivity index is 2.24. The van der Waals surface area contributed by atoms with Crippen molar-refractivity contribution in [1.29, 1.82) is 0 Å². The molecule has 0 N–H and O–H groups in total. The number of methoxy groups -OCH3 is 1. The van der Waals surface area contributed by atoms with Gasteiger partial charge < -0.3 is 4.74 Å². The second-order valence-electron chi connectivity index (χ2n) is 6.80. The number of hydrogen-bond donors (Lipinski definition) is 0. The Morgan fingerprint density at radius 2 is 1.79 bits per heavy atom. The highest BCUT2D eigenvalue weighted by Gasteiger charge is 2.26. The van der Waals surface area contributed by atoms with Gasteiger partial charge in [-0.25, -0.2) is 4.79 Å². The highest BCUT2D eigenvalue weighted by atomic mass is 16.5. The van der Waals surface area contributed by atoms with Gasteiger partial charge in [0.1, 0.15) is 6.54 Å². The van der Waals surface area contributed by atoms with E-state index < -0.39 is 17.2 Å². The summed E-state index contributed by atoms with van der Waals surface area (Å²) in [4.78, 5) is 42.1. The van der Waals surface area contributed by atoms with Gasteiger partial charge in [-0.3, -0.25) is 27.7 Å². The molecule has 29 heavy (non-hydrogen) atoms. The summed E-state index contributed by atoms with van der Waals surface area (Å²) < 4.78 is 10.8. The van der Waals surface area contributed by atoms with Crippen LogP contribution >= 0.6 is 0 Å². The first-order valence-corrected chi connectivity index (χ1v) is 9.22. The lowest BCUT2D eigenvalue weighted by atomic mass is 10.1. The quantitative estimate of drug-likeness (QED) is 0.482. The fourth-order valence-electron chi connectivity index (χ4n) is 3.77. The highest BCUT2D eigenvalue weighted by Crippen LogP contribution is 2.30. The SMILES string of the molecule is CCc1c(-c2ccccc2)n(CC(=O)OC)c2nc3c(c(=O)n(C)c(=O)n3C)n12. The minimum absolute atomic E-state index is 0.0676. The monoisotopic (exact) mass is 395 g/mol. The number of rotatable bonds is 4. The van der Waals surface area contributed by atoms with Crippen molar-refractivity contribution < 1.29 is 9.53 Å². The van der Waals surface area contributed by atoms with Gasteiger partial charge >= 0.3 is 11.7 Å². The van der Waals surface area contributed by atoms with Gasteiger partial charge in [-0.05, 0) is 6.42 Å². The van der Waals surface area contributed by atoms with Gasteiger partial charge in [0.2, 0.25) is 5.78 Å². The largest absolute Gasteiger partial charge is 0.468 e. The van der Waals surface area contributed by atoms with Gasteiger partial charge in [0.25, 0.3) is 5.56 Å². The Morgan fingerprint density at radius 3 is 2.41 bits per heavy atom. The number of fused-ring (bicyclic) bond motifs is 3. The number of hydrogen-bond acceptors (Lipinski definition) is 5. The van der Waals surface area contributed by atoms with Crippen molar-refractivity contribution in [3.63, 3.8) is 0 Å².